The second-order valence-electron chi connectivity index (χ2n) is 6.47. The van der Waals surface area contributed by atoms with Gasteiger partial charge in [0.1, 0.15) is 0 Å². The first-order valence-electron chi connectivity index (χ1n) is 6.64. The number of aryl methyl sites for hydroxylation is 1. The van der Waals surface area contributed by atoms with Gasteiger partial charge in [-0.1, -0.05) is 39.0 Å². The molecule has 0 aromatic heterocycles. The van der Waals surface area contributed by atoms with Crippen LogP contribution in [0, 0.1) is 12.8 Å². The molecule has 1 unspecified atom stereocenters. The first-order valence-corrected chi connectivity index (χ1v) is 6.64. The van der Waals surface area contributed by atoms with E-state index in [0.717, 1.165) is 24.0 Å². The van der Waals surface area contributed by atoms with Crippen molar-refractivity contribution in [1.82, 2.24) is 0 Å². The average molecular weight is 246 g/mol. The summed E-state index contributed by atoms with van der Waals surface area (Å²) < 4.78 is 0. The lowest BCUT2D eigenvalue weighted by atomic mass is 9.83. The summed E-state index contributed by atoms with van der Waals surface area (Å²) in [6.45, 7) is 8.56. The highest BCUT2D eigenvalue weighted by atomic mass is 16.4. The Labute approximate surface area is 109 Å². The van der Waals surface area contributed by atoms with E-state index < -0.39 is 5.97 Å². The maximum absolute atomic E-state index is 11.4. The van der Waals surface area contributed by atoms with Crippen molar-refractivity contribution >= 4 is 5.97 Å². The molecule has 0 heterocycles. The minimum Gasteiger partial charge on any atom is -0.481 e. The Balaban J connectivity index is 2.37. The Hall–Kier alpha value is -1.31. The predicted octanol–water partition coefficient (Wildman–Crippen LogP) is 3.87. The van der Waals surface area contributed by atoms with Crippen LogP contribution in [-0.4, -0.2) is 11.1 Å². The molecule has 2 heteroatoms. The van der Waals surface area contributed by atoms with E-state index in [-0.39, 0.29) is 11.3 Å². The van der Waals surface area contributed by atoms with Gasteiger partial charge in [0.2, 0.25) is 0 Å². The fourth-order valence-corrected chi connectivity index (χ4v) is 2.51. The lowest BCUT2D eigenvalue weighted by Crippen LogP contribution is -2.17. The van der Waals surface area contributed by atoms with Crippen LogP contribution in [0.4, 0.5) is 0 Å². The molecule has 0 radical (unpaired) electrons. The van der Waals surface area contributed by atoms with Crippen molar-refractivity contribution in [1.29, 1.82) is 0 Å². The Bertz CT molecular complexity index is 464. The number of benzene rings is 1. The molecule has 2 nitrogen and oxygen atoms in total. The Morgan fingerprint density at radius 1 is 1.33 bits per heavy atom. The summed E-state index contributed by atoms with van der Waals surface area (Å²) in [4.78, 5) is 11.4. The minimum absolute atomic E-state index is 0.113. The van der Waals surface area contributed by atoms with Crippen LogP contribution in [-0.2, 0) is 10.2 Å². The smallest absolute Gasteiger partial charge is 0.311 e. The summed E-state index contributed by atoms with van der Waals surface area (Å²) >= 11 is 0. The number of carboxylic acids is 1. The summed E-state index contributed by atoms with van der Waals surface area (Å²) in [6.07, 6.45) is 2.11. The zero-order valence-corrected chi connectivity index (χ0v) is 11.7. The van der Waals surface area contributed by atoms with Gasteiger partial charge >= 0.3 is 5.97 Å². The van der Waals surface area contributed by atoms with Gasteiger partial charge in [-0.25, -0.2) is 0 Å². The fourth-order valence-electron chi connectivity index (χ4n) is 2.51. The molecule has 0 saturated heterocycles. The van der Waals surface area contributed by atoms with Crippen LogP contribution in [0.3, 0.4) is 0 Å². The molecular weight excluding hydrogens is 224 g/mol. The first kappa shape index (κ1) is 13.1. The summed E-state index contributed by atoms with van der Waals surface area (Å²) in [5, 5.41) is 9.39. The Morgan fingerprint density at radius 3 is 2.33 bits per heavy atom. The van der Waals surface area contributed by atoms with Gasteiger partial charge < -0.3 is 5.11 Å². The molecule has 1 aliphatic carbocycles. The van der Waals surface area contributed by atoms with Crippen molar-refractivity contribution in [2.45, 2.75) is 51.9 Å². The number of rotatable bonds is 3. The molecular formula is C16H22O2. The first-order chi connectivity index (χ1) is 8.30. The van der Waals surface area contributed by atoms with Crippen LogP contribution in [0.2, 0.25) is 0 Å². The molecule has 1 saturated carbocycles. The molecule has 0 amide bonds. The van der Waals surface area contributed by atoms with E-state index in [0.29, 0.717) is 5.92 Å². The monoisotopic (exact) mass is 246 g/mol. The van der Waals surface area contributed by atoms with Crippen LogP contribution < -0.4 is 0 Å². The SMILES string of the molecule is Cc1cc(C(C)(C)C)ccc1C(C(=O)O)C1CC1. The molecule has 1 aromatic carbocycles. The lowest BCUT2D eigenvalue weighted by Gasteiger charge is -2.22. The molecule has 98 valence electrons. The van der Waals surface area contributed by atoms with Crippen molar-refractivity contribution < 1.29 is 9.90 Å². The molecule has 1 atom stereocenters. The van der Waals surface area contributed by atoms with Gasteiger partial charge in [0.15, 0.2) is 0 Å². The largest absolute Gasteiger partial charge is 0.481 e. The zero-order chi connectivity index (χ0) is 13.5. The highest BCUT2D eigenvalue weighted by molar-refractivity contribution is 5.77. The number of carbonyl (C=O) groups is 1. The van der Waals surface area contributed by atoms with Gasteiger partial charge in [-0.2, -0.15) is 0 Å². The predicted molar refractivity (Wildman–Crippen MR) is 73.0 cm³/mol. The van der Waals surface area contributed by atoms with E-state index >= 15 is 0 Å². The number of hydrogen-bond acceptors (Lipinski definition) is 1. The lowest BCUT2D eigenvalue weighted by molar-refractivity contribution is -0.139. The van der Waals surface area contributed by atoms with Crippen molar-refractivity contribution in [3.63, 3.8) is 0 Å². The van der Waals surface area contributed by atoms with Gasteiger partial charge in [0.05, 0.1) is 5.92 Å². The van der Waals surface area contributed by atoms with Crippen LogP contribution in [0.1, 0.15) is 56.2 Å². The quantitative estimate of drug-likeness (QED) is 0.879. The van der Waals surface area contributed by atoms with Gasteiger partial charge in [-0.3, -0.25) is 4.79 Å². The second kappa shape index (κ2) is 4.42. The standard InChI is InChI=1S/C16H22O2/c1-10-9-12(16(2,3)4)7-8-13(10)14(15(17)18)11-5-6-11/h7-9,11,14H,5-6H2,1-4H3,(H,17,18). The van der Waals surface area contributed by atoms with Gasteiger partial charge in [-0.15, -0.1) is 0 Å². The summed E-state index contributed by atoms with van der Waals surface area (Å²) in [5.41, 5.74) is 3.49. The number of aliphatic carboxylic acids is 1. The third kappa shape index (κ3) is 2.58. The fraction of sp³-hybridized carbons (Fsp3) is 0.562. The van der Waals surface area contributed by atoms with Gasteiger partial charge in [0, 0.05) is 0 Å². The summed E-state index contributed by atoms with van der Waals surface area (Å²) in [7, 11) is 0. The van der Waals surface area contributed by atoms with Crippen LogP contribution >= 0.6 is 0 Å². The average Bonchev–Trinajstić information content (AvgIpc) is 3.03. The molecule has 0 spiro atoms. The minimum atomic E-state index is -0.677. The zero-order valence-electron chi connectivity index (χ0n) is 11.7. The molecule has 0 aliphatic heterocycles. The molecule has 1 aliphatic rings. The Kier molecular flexibility index (Phi) is 3.22. The summed E-state index contributed by atoms with van der Waals surface area (Å²) in [6, 6.07) is 6.25. The van der Waals surface area contributed by atoms with E-state index in [9.17, 15) is 9.90 Å². The normalized spacial score (nSPS) is 17.6. The van der Waals surface area contributed by atoms with E-state index in [4.69, 9.17) is 0 Å². The molecule has 18 heavy (non-hydrogen) atoms. The highest BCUT2D eigenvalue weighted by Gasteiger charge is 2.38. The second-order valence-corrected chi connectivity index (χ2v) is 6.47. The third-order valence-electron chi connectivity index (χ3n) is 3.83. The molecule has 2 rings (SSSR count). The van der Waals surface area contributed by atoms with Crippen LogP contribution in [0.5, 0.6) is 0 Å². The molecule has 0 bridgehead atoms. The van der Waals surface area contributed by atoms with Gasteiger partial charge in [0.25, 0.3) is 0 Å². The molecule has 1 N–H and O–H groups in total. The maximum atomic E-state index is 11.4. The highest BCUT2D eigenvalue weighted by Crippen LogP contribution is 2.44. The third-order valence-corrected chi connectivity index (χ3v) is 3.83. The van der Waals surface area contributed by atoms with Crippen molar-refractivity contribution in [2.75, 3.05) is 0 Å². The van der Waals surface area contributed by atoms with Crippen LogP contribution in [0.25, 0.3) is 0 Å². The van der Waals surface area contributed by atoms with Crippen molar-refractivity contribution in [2.24, 2.45) is 5.92 Å². The number of carboxylic acid groups (broad SMARTS) is 1. The van der Waals surface area contributed by atoms with Crippen molar-refractivity contribution in [3.8, 4) is 0 Å². The number of hydrogen-bond donors (Lipinski definition) is 1. The van der Waals surface area contributed by atoms with E-state index in [2.05, 4.69) is 32.9 Å². The Morgan fingerprint density at radius 2 is 1.94 bits per heavy atom. The van der Waals surface area contributed by atoms with Crippen LogP contribution in [0.15, 0.2) is 18.2 Å². The maximum Gasteiger partial charge on any atom is 0.311 e. The van der Waals surface area contributed by atoms with E-state index in [1.807, 2.05) is 13.0 Å². The molecule has 1 fully saturated rings. The van der Waals surface area contributed by atoms with Gasteiger partial charge in [-0.05, 0) is 47.8 Å². The van der Waals surface area contributed by atoms with E-state index in [1.165, 1.54) is 5.56 Å². The van der Waals surface area contributed by atoms with Crippen molar-refractivity contribution in [3.05, 3.63) is 34.9 Å². The van der Waals surface area contributed by atoms with E-state index in [1.54, 1.807) is 0 Å². The summed E-state index contributed by atoms with van der Waals surface area (Å²) in [5.74, 6) is -0.634. The molecule has 1 aromatic rings. The topological polar surface area (TPSA) is 37.3 Å².